The van der Waals surface area contributed by atoms with Crippen LogP contribution in [0.2, 0.25) is 0 Å². The summed E-state index contributed by atoms with van der Waals surface area (Å²) in [5.74, 6) is -2.98. The second-order valence-corrected chi connectivity index (χ2v) is 3.91. The summed E-state index contributed by atoms with van der Waals surface area (Å²) in [5.41, 5.74) is 0.614. The molecule has 1 amide bonds. The Morgan fingerprint density at radius 2 is 2.00 bits per heavy atom. The molecule has 0 unspecified atom stereocenters. The molecule has 5 heteroatoms. The summed E-state index contributed by atoms with van der Waals surface area (Å²) in [6, 6.07) is 8.79. The Hall–Kier alpha value is -2.17. The number of Topliss-reactive ketones (excluding diaryl/α,β-unsaturated/α-hetero) is 1. The van der Waals surface area contributed by atoms with Crippen molar-refractivity contribution in [2.75, 3.05) is 18.1 Å². The third-order valence-electron chi connectivity index (χ3n) is 2.74. The minimum atomic E-state index is -1.30. The molecule has 0 radical (unpaired) electrons. The van der Waals surface area contributed by atoms with E-state index in [1.807, 2.05) is 6.07 Å². The molecular formula is C13H13NO4. The zero-order chi connectivity index (χ0) is 13.1. The maximum Gasteiger partial charge on any atom is 0.326 e. The molecule has 1 aliphatic heterocycles. The number of benzene rings is 1. The summed E-state index contributed by atoms with van der Waals surface area (Å²) in [6.07, 6.45) is 0. The molecule has 0 saturated carbocycles. The quantitative estimate of drug-likeness (QED) is 0.585. The number of carbonyl (C=O) groups is 3. The van der Waals surface area contributed by atoms with Crippen molar-refractivity contribution in [2.24, 2.45) is 5.92 Å². The van der Waals surface area contributed by atoms with Crippen LogP contribution < -0.4 is 4.90 Å². The van der Waals surface area contributed by atoms with Crippen LogP contribution in [0.5, 0.6) is 0 Å². The van der Waals surface area contributed by atoms with Gasteiger partial charge in [-0.3, -0.25) is 14.4 Å². The lowest BCUT2D eigenvalue weighted by molar-refractivity contribution is -0.152. The Balaban J connectivity index is 2.22. The van der Waals surface area contributed by atoms with E-state index >= 15 is 0 Å². The standard InChI is InChI=1S/C13H13NO4/c1-2-18-13(17)11-10(15)8-14(12(11)16)9-6-4-3-5-7-9/h3-7,11H,2,8H2,1H3/t11-/m0/s1. The molecule has 5 nitrogen and oxygen atoms in total. The number of ether oxygens (including phenoxy) is 1. The van der Waals surface area contributed by atoms with Crippen LogP contribution in [0.1, 0.15) is 6.92 Å². The van der Waals surface area contributed by atoms with Gasteiger partial charge in [0, 0.05) is 5.69 Å². The maximum atomic E-state index is 12.0. The molecule has 1 aromatic carbocycles. The minimum absolute atomic E-state index is 0.0771. The number of anilines is 1. The Morgan fingerprint density at radius 1 is 1.33 bits per heavy atom. The number of rotatable bonds is 3. The summed E-state index contributed by atoms with van der Waals surface area (Å²) in [6.45, 7) is 1.71. The van der Waals surface area contributed by atoms with Crippen molar-refractivity contribution in [3.8, 4) is 0 Å². The van der Waals surface area contributed by atoms with Gasteiger partial charge < -0.3 is 9.64 Å². The van der Waals surface area contributed by atoms with E-state index in [1.165, 1.54) is 4.90 Å². The number of hydrogen-bond donors (Lipinski definition) is 0. The molecule has 0 N–H and O–H groups in total. The molecule has 0 aromatic heterocycles. The van der Waals surface area contributed by atoms with Crippen molar-refractivity contribution in [1.82, 2.24) is 0 Å². The maximum absolute atomic E-state index is 12.0. The molecule has 0 bridgehead atoms. The van der Waals surface area contributed by atoms with Gasteiger partial charge in [0.25, 0.3) is 0 Å². The number of hydrogen-bond acceptors (Lipinski definition) is 4. The van der Waals surface area contributed by atoms with Crippen LogP contribution in [-0.4, -0.2) is 30.8 Å². The molecule has 1 fully saturated rings. The van der Waals surface area contributed by atoms with Crippen molar-refractivity contribution in [2.45, 2.75) is 6.92 Å². The molecule has 2 rings (SSSR count). The molecule has 1 heterocycles. The number of carbonyl (C=O) groups excluding carboxylic acids is 3. The molecule has 1 aromatic rings. The normalized spacial score (nSPS) is 19.2. The molecule has 0 spiro atoms. The lowest BCUT2D eigenvalue weighted by Crippen LogP contribution is -2.32. The van der Waals surface area contributed by atoms with Crippen LogP contribution in [0.3, 0.4) is 0 Å². The first kappa shape index (κ1) is 12.3. The van der Waals surface area contributed by atoms with Crippen molar-refractivity contribution >= 4 is 23.3 Å². The Morgan fingerprint density at radius 3 is 2.61 bits per heavy atom. The van der Waals surface area contributed by atoms with Gasteiger partial charge in [-0.25, -0.2) is 0 Å². The van der Waals surface area contributed by atoms with E-state index in [2.05, 4.69) is 0 Å². The highest BCUT2D eigenvalue weighted by atomic mass is 16.5. The van der Waals surface area contributed by atoms with Gasteiger partial charge in [0.2, 0.25) is 5.91 Å². The second kappa shape index (κ2) is 5.00. The zero-order valence-corrected chi connectivity index (χ0v) is 9.96. The number of esters is 1. The third kappa shape index (κ3) is 2.11. The van der Waals surface area contributed by atoms with E-state index in [0.29, 0.717) is 5.69 Å². The molecule has 1 saturated heterocycles. The monoisotopic (exact) mass is 247 g/mol. The average Bonchev–Trinajstić information content (AvgIpc) is 2.66. The molecule has 18 heavy (non-hydrogen) atoms. The first-order valence-corrected chi connectivity index (χ1v) is 5.71. The Labute approximate surface area is 104 Å². The SMILES string of the molecule is CCOC(=O)[C@H]1C(=O)CN(c2ccccc2)C1=O. The van der Waals surface area contributed by atoms with Gasteiger partial charge >= 0.3 is 5.97 Å². The molecule has 1 atom stereocenters. The molecule has 1 aliphatic rings. The van der Waals surface area contributed by atoms with Crippen LogP contribution >= 0.6 is 0 Å². The van der Waals surface area contributed by atoms with E-state index in [-0.39, 0.29) is 13.2 Å². The van der Waals surface area contributed by atoms with Crippen molar-refractivity contribution in [1.29, 1.82) is 0 Å². The van der Waals surface area contributed by atoms with Crippen LogP contribution in [0.4, 0.5) is 5.69 Å². The van der Waals surface area contributed by atoms with Gasteiger partial charge in [0.1, 0.15) is 0 Å². The molecule has 94 valence electrons. The van der Waals surface area contributed by atoms with Gasteiger partial charge in [0.05, 0.1) is 13.2 Å². The zero-order valence-electron chi connectivity index (χ0n) is 9.96. The largest absolute Gasteiger partial charge is 0.465 e. The van der Waals surface area contributed by atoms with E-state index in [9.17, 15) is 14.4 Å². The summed E-state index contributed by atoms with van der Waals surface area (Å²) in [5, 5.41) is 0. The van der Waals surface area contributed by atoms with E-state index in [1.54, 1.807) is 31.2 Å². The number of amides is 1. The van der Waals surface area contributed by atoms with Gasteiger partial charge in [-0.05, 0) is 19.1 Å². The van der Waals surface area contributed by atoms with Gasteiger partial charge in [-0.1, -0.05) is 18.2 Å². The topological polar surface area (TPSA) is 63.7 Å². The second-order valence-electron chi connectivity index (χ2n) is 3.91. The Kier molecular flexibility index (Phi) is 3.41. The van der Waals surface area contributed by atoms with E-state index in [4.69, 9.17) is 4.74 Å². The fraction of sp³-hybridized carbons (Fsp3) is 0.308. The average molecular weight is 247 g/mol. The minimum Gasteiger partial charge on any atom is -0.465 e. The van der Waals surface area contributed by atoms with Gasteiger partial charge in [-0.2, -0.15) is 0 Å². The van der Waals surface area contributed by atoms with Crippen LogP contribution in [-0.2, 0) is 19.1 Å². The van der Waals surface area contributed by atoms with Crippen molar-refractivity contribution in [3.63, 3.8) is 0 Å². The fourth-order valence-electron chi connectivity index (χ4n) is 1.90. The van der Waals surface area contributed by atoms with Gasteiger partial charge in [0.15, 0.2) is 11.7 Å². The number of ketones is 1. The first-order valence-electron chi connectivity index (χ1n) is 5.71. The summed E-state index contributed by atoms with van der Waals surface area (Å²) < 4.78 is 4.74. The molecule has 0 aliphatic carbocycles. The van der Waals surface area contributed by atoms with Crippen molar-refractivity contribution in [3.05, 3.63) is 30.3 Å². The van der Waals surface area contributed by atoms with Crippen molar-refractivity contribution < 1.29 is 19.1 Å². The molecular weight excluding hydrogens is 234 g/mol. The first-order chi connectivity index (χ1) is 8.65. The predicted molar refractivity (Wildman–Crippen MR) is 63.9 cm³/mol. The van der Waals surface area contributed by atoms with Gasteiger partial charge in [-0.15, -0.1) is 0 Å². The smallest absolute Gasteiger partial charge is 0.326 e. The third-order valence-corrected chi connectivity index (χ3v) is 2.74. The Bertz CT molecular complexity index is 483. The summed E-state index contributed by atoms with van der Waals surface area (Å²) in [4.78, 5) is 36.6. The lowest BCUT2D eigenvalue weighted by atomic mass is 10.1. The van der Waals surface area contributed by atoms with Crippen LogP contribution in [0.25, 0.3) is 0 Å². The summed E-state index contributed by atoms with van der Waals surface area (Å²) in [7, 11) is 0. The number of para-hydroxylation sites is 1. The summed E-state index contributed by atoms with van der Waals surface area (Å²) >= 11 is 0. The highest BCUT2D eigenvalue weighted by molar-refractivity contribution is 6.27. The lowest BCUT2D eigenvalue weighted by Gasteiger charge is -2.14. The predicted octanol–water partition coefficient (Wildman–Crippen LogP) is 0.782. The highest BCUT2D eigenvalue weighted by Gasteiger charge is 2.45. The van der Waals surface area contributed by atoms with Crippen LogP contribution in [0.15, 0.2) is 30.3 Å². The highest BCUT2D eigenvalue weighted by Crippen LogP contribution is 2.23. The van der Waals surface area contributed by atoms with E-state index in [0.717, 1.165) is 0 Å². The van der Waals surface area contributed by atoms with E-state index < -0.39 is 23.6 Å². The number of nitrogens with zero attached hydrogens (tertiary/aromatic N) is 1. The fourth-order valence-corrected chi connectivity index (χ4v) is 1.90. The van der Waals surface area contributed by atoms with Crippen LogP contribution in [0, 0.1) is 5.92 Å².